The Morgan fingerprint density at radius 2 is 1.12 bits per heavy atom. The summed E-state index contributed by atoms with van der Waals surface area (Å²) in [4.78, 5) is 10.6. The molecule has 0 saturated heterocycles. The fourth-order valence-electron chi connectivity index (χ4n) is 8.76. The first-order chi connectivity index (χ1) is 20.9. The van der Waals surface area contributed by atoms with Crippen LogP contribution in [0, 0.1) is 0 Å². The highest BCUT2D eigenvalue weighted by atomic mass is 15.3. The van der Waals surface area contributed by atoms with Crippen LogP contribution in [0.5, 0.6) is 0 Å². The van der Waals surface area contributed by atoms with Gasteiger partial charge in [-0.1, -0.05) is 88.4 Å². The molecule has 5 aromatic carbocycles. The van der Waals surface area contributed by atoms with Gasteiger partial charge in [0, 0.05) is 16.4 Å². The third-order valence-electron chi connectivity index (χ3n) is 10.8. The van der Waals surface area contributed by atoms with Gasteiger partial charge < -0.3 is 0 Å². The molecule has 4 aromatic heterocycles. The van der Waals surface area contributed by atoms with Crippen molar-refractivity contribution in [1.82, 2.24) is 23.2 Å². The molecule has 11 rings (SSSR count). The number of hydrogen-bond donors (Lipinski definition) is 0. The number of imidazole rings is 4. The van der Waals surface area contributed by atoms with Crippen LogP contribution in [-0.4, -0.2) is 23.2 Å². The fourth-order valence-corrected chi connectivity index (χ4v) is 8.76. The lowest BCUT2D eigenvalue weighted by Gasteiger charge is -2.21. The molecule has 0 saturated carbocycles. The highest BCUT2D eigenvalue weighted by Gasteiger charge is 2.39. The van der Waals surface area contributed by atoms with Gasteiger partial charge >= 0.3 is 0 Å². The minimum Gasteiger partial charge on any atom is -0.276 e. The number of para-hydroxylation sites is 1. The van der Waals surface area contributed by atoms with E-state index < -0.39 is 0 Å². The first-order valence-corrected chi connectivity index (χ1v) is 15.1. The summed E-state index contributed by atoms with van der Waals surface area (Å²) < 4.78 is 7.01. The van der Waals surface area contributed by atoms with Gasteiger partial charge in [-0.2, -0.15) is 0 Å². The Bertz CT molecular complexity index is 2730. The van der Waals surface area contributed by atoms with E-state index in [4.69, 9.17) is 9.97 Å². The van der Waals surface area contributed by atoms with Crippen LogP contribution in [-0.2, 0) is 10.8 Å². The summed E-state index contributed by atoms with van der Waals surface area (Å²) in [5.74, 6) is 1.83. The second-order valence-electron chi connectivity index (χ2n) is 13.6. The monoisotopic (exact) mass is 553 g/mol. The van der Waals surface area contributed by atoms with Gasteiger partial charge in [0.15, 0.2) is 0 Å². The summed E-state index contributed by atoms with van der Waals surface area (Å²) in [5, 5.41) is 0. The maximum atomic E-state index is 5.33. The van der Waals surface area contributed by atoms with Crippen LogP contribution in [0.3, 0.4) is 0 Å². The fraction of sp³-hybridized carbons (Fsp3) is 0.158. The molecule has 2 aliphatic rings. The number of hydrogen-bond acceptors (Lipinski definition) is 2. The van der Waals surface area contributed by atoms with Crippen molar-refractivity contribution in [2.75, 3.05) is 0 Å². The molecule has 0 fully saturated rings. The van der Waals surface area contributed by atoms with E-state index in [9.17, 15) is 0 Å². The number of fused-ring (bicyclic) bond motifs is 17. The smallest absolute Gasteiger partial charge is 0.223 e. The quantitative estimate of drug-likeness (QED) is 0.188. The number of benzene rings is 5. The SMILES string of the molecule is CC1(C)c2ccccc2-c2cc3nc4n(c3cc21)c1cccc2c1n4c1nc3ccc4c(c3n21)-c1ccccc1C4(C)C. The molecule has 43 heavy (non-hydrogen) atoms. The summed E-state index contributed by atoms with van der Waals surface area (Å²) in [6, 6.07) is 33.5. The third kappa shape index (κ3) is 2.29. The normalized spacial score (nSPS) is 16.3. The van der Waals surface area contributed by atoms with E-state index in [1.165, 1.54) is 55.5 Å². The topological polar surface area (TPSA) is 39.0 Å². The van der Waals surface area contributed by atoms with Gasteiger partial charge in [-0.25, -0.2) is 14.4 Å². The Morgan fingerprint density at radius 3 is 1.93 bits per heavy atom. The number of nitrogens with zero attached hydrogens (tertiary/aromatic N) is 5. The molecule has 0 aliphatic heterocycles. The maximum absolute atomic E-state index is 5.33. The van der Waals surface area contributed by atoms with Crippen LogP contribution in [0.1, 0.15) is 49.9 Å². The molecular formula is C38H27N5. The van der Waals surface area contributed by atoms with E-state index in [0.717, 1.165) is 39.1 Å². The molecule has 0 N–H and O–H groups in total. The Kier molecular flexibility index (Phi) is 3.51. The van der Waals surface area contributed by atoms with Crippen molar-refractivity contribution in [3.05, 3.63) is 113 Å². The van der Waals surface area contributed by atoms with Crippen LogP contribution in [0.15, 0.2) is 91.0 Å². The van der Waals surface area contributed by atoms with Gasteiger partial charge in [0.25, 0.3) is 0 Å². The summed E-state index contributed by atoms with van der Waals surface area (Å²) >= 11 is 0. The summed E-state index contributed by atoms with van der Waals surface area (Å²) in [6.07, 6.45) is 0. The molecule has 2 aliphatic carbocycles. The van der Waals surface area contributed by atoms with Gasteiger partial charge in [0.1, 0.15) is 5.52 Å². The third-order valence-corrected chi connectivity index (χ3v) is 10.8. The van der Waals surface area contributed by atoms with Crippen LogP contribution in [0.25, 0.3) is 72.4 Å². The standard InChI is InChI=1S/C38H27N5/c1-37(2)24-13-8-6-11-21(24)32-25(37)16-17-27-33(32)42-30-15-9-14-29-34(30)43(36(42)39-27)35-40-28-18-22-20-10-5-7-12-23(20)38(3,4)26(22)19-31(28)41(29)35/h5-19H,1-4H3. The molecule has 0 unspecified atom stereocenters. The summed E-state index contributed by atoms with van der Waals surface area (Å²) in [5.41, 5.74) is 18.5. The zero-order valence-corrected chi connectivity index (χ0v) is 24.4. The molecule has 0 bridgehead atoms. The molecular weight excluding hydrogens is 526 g/mol. The Morgan fingerprint density at radius 1 is 0.465 bits per heavy atom. The molecule has 0 atom stereocenters. The van der Waals surface area contributed by atoms with E-state index in [-0.39, 0.29) is 10.8 Å². The molecule has 204 valence electrons. The highest BCUT2D eigenvalue weighted by molar-refractivity contribution is 6.08. The van der Waals surface area contributed by atoms with Crippen molar-refractivity contribution in [3.8, 4) is 22.3 Å². The van der Waals surface area contributed by atoms with E-state index in [1.807, 2.05) is 0 Å². The minimum absolute atomic E-state index is 0.0638. The highest BCUT2D eigenvalue weighted by Crippen LogP contribution is 2.52. The second-order valence-corrected chi connectivity index (χ2v) is 13.6. The first-order valence-electron chi connectivity index (χ1n) is 15.1. The average Bonchev–Trinajstić information content (AvgIpc) is 3.80. The predicted molar refractivity (Wildman–Crippen MR) is 174 cm³/mol. The van der Waals surface area contributed by atoms with E-state index >= 15 is 0 Å². The molecule has 5 heteroatoms. The van der Waals surface area contributed by atoms with Crippen LogP contribution in [0.4, 0.5) is 0 Å². The van der Waals surface area contributed by atoms with Crippen molar-refractivity contribution in [2.24, 2.45) is 0 Å². The molecule has 5 nitrogen and oxygen atoms in total. The second kappa shape index (κ2) is 6.73. The molecule has 4 heterocycles. The van der Waals surface area contributed by atoms with E-state index in [1.54, 1.807) is 0 Å². The van der Waals surface area contributed by atoms with E-state index in [2.05, 4.69) is 132 Å². The number of aromatic nitrogens is 5. The Labute approximate surface area is 247 Å². The lowest BCUT2D eigenvalue weighted by molar-refractivity contribution is 0.660. The molecule has 0 radical (unpaired) electrons. The minimum atomic E-state index is -0.0662. The average molecular weight is 554 g/mol. The summed E-state index contributed by atoms with van der Waals surface area (Å²) in [7, 11) is 0. The van der Waals surface area contributed by atoms with Crippen molar-refractivity contribution < 1.29 is 0 Å². The Balaban J connectivity index is 1.30. The van der Waals surface area contributed by atoms with Gasteiger partial charge in [-0.15, -0.1) is 0 Å². The summed E-state index contributed by atoms with van der Waals surface area (Å²) in [6.45, 7) is 9.36. The maximum Gasteiger partial charge on any atom is 0.223 e. The van der Waals surface area contributed by atoms with Crippen molar-refractivity contribution in [3.63, 3.8) is 0 Å². The zero-order valence-electron chi connectivity index (χ0n) is 24.4. The first kappa shape index (κ1) is 22.4. The molecule has 9 aromatic rings. The van der Waals surface area contributed by atoms with Gasteiger partial charge in [-0.3, -0.25) is 8.80 Å². The van der Waals surface area contributed by atoms with Crippen molar-refractivity contribution >= 4 is 50.2 Å². The molecule has 0 amide bonds. The van der Waals surface area contributed by atoms with Gasteiger partial charge in [0.2, 0.25) is 11.6 Å². The van der Waals surface area contributed by atoms with Gasteiger partial charge in [-0.05, 0) is 69.3 Å². The lowest BCUT2D eigenvalue weighted by Crippen LogP contribution is -2.14. The van der Waals surface area contributed by atoms with Gasteiger partial charge in [0.05, 0.1) is 33.1 Å². The largest absolute Gasteiger partial charge is 0.276 e. The van der Waals surface area contributed by atoms with Crippen LogP contribution < -0.4 is 0 Å². The predicted octanol–water partition coefficient (Wildman–Crippen LogP) is 8.74. The van der Waals surface area contributed by atoms with Crippen molar-refractivity contribution in [1.29, 1.82) is 0 Å². The van der Waals surface area contributed by atoms with E-state index in [0.29, 0.717) is 0 Å². The van der Waals surface area contributed by atoms with Crippen LogP contribution in [0.2, 0.25) is 0 Å². The Hall–Kier alpha value is -5.16. The zero-order chi connectivity index (χ0) is 28.6. The molecule has 0 spiro atoms. The van der Waals surface area contributed by atoms with Crippen molar-refractivity contribution in [2.45, 2.75) is 38.5 Å². The number of rotatable bonds is 0. The van der Waals surface area contributed by atoms with Crippen LogP contribution >= 0.6 is 0 Å². The lowest BCUT2D eigenvalue weighted by atomic mass is 9.82.